The minimum atomic E-state index is -0.903. The van der Waals surface area contributed by atoms with Crippen LogP contribution < -0.4 is 0 Å². The minimum absolute atomic E-state index is 0.0615. The van der Waals surface area contributed by atoms with E-state index in [1.165, 1.54) is 12.8 Å². The van der Waals surface area contributed by atoms with Gasteiger partial charge in [0.15, 0.2) is 0 Å². The molecule has 0 radical (unpaired) electrons. The summed E-state index contributed by atoms with van der Waals surface area (Å²) in [6.45, 7) is 0. The molecule has 7 heteroatoms. The first-order valence-corrected chi connectivity index (χ1v) is 9.54. The van der Waals surface area contributed by atoms with Crippen molar-refractivity contribution < 1.29 is 9.90 Å². The highest BCUT2D eigenvalue weighted by Crippen LogP contribution is 2.46. The number of carbonyl (C=O) groups is 1. The number of aryl methyl sites for hydroxylation is 2. The monoisotopic (exact) mass is 355 g/mol. The van der Waals surface area contributed by atoms with Gasteiger partial charge in [-0.25, -0.2) is 0 Å². The Hall–Kier alpha value is -2.15. The third-order valence-electron chi connectivity index (χ3n) is 6.41. The van der Waals surface area contributed by atoms with Gasteiger partial charge in [0, 0.05) is 51.1 Å². The summed E-state index contributed by atoms with van der Waals surface area (Å²) < 4.78 is 3.48. The largest absolute Gasteiger partial charge is 0.383 e. The van der Waals surface area contributed by atoms with Gasteiger partial charge in [-0.05, 0) is 37.8 Å². The van der Waals surface area contributed by atoms with Gasteiger partial charge < -0.3 is 10.0 Å². The van der Waals surface area contributed by atoms with Crippen molar-refractivity contribution in [3.05, 3.63) is 35.4 Å². The third-order valence-corrected chi connectivity index (χ3v) is 6.41. The number of fused-ring (bicyclic) bond motifs is 2. The summed E-state index contributed by atoms with van der Waals surface area (Å²) in [7, 11) is 3.72. The van der Waals surface area contributed by atoms with Crippen molar-refractivity contribution in [1.82, 2.24) is 24.5 Å². The van der Waals surface area contributed by atoms with Crippen LogP contribution in [-0.4, -0.2) is 47.6 Å². The van der Waals surface area contributed by atoms with E-state index < -0.39 is 5.60 Å². The fourth-order valence-electron chi connectivity index (χ4n) is 5.00. The maximum Gasteiger partial charge on any atom is 0.272 e. The average molecular weight is 355 g/mol. The normalized spacial score (nSPS) is 30.8. The summed E-state index contributed by atoms with van der Waals surface area (Å²) in [5.74, 6) is 0.599. The molecule has 3 aliphatic rings. The number of hydrogen-bond donors (Lipinski definition) is 1. The Morgan fingerprint density at radius 2 is 1.85 bits per heavy atom. The van der Waals surface area contributed by atoms with E-state index in [0.717, 1.165) is 24.2 Å². The molecule has 2 bridgehead atoms. The molecule has 1 amide bonds. The van der Waals surface area contributed by atoms with Crippen molar-refractivity contribution in [2.75, 3.05) is 0 Å². The molecule has 0 spiro atoms. The van der Waals surface area contributed by atoms with Crippen LogP contribution in [0, 0.1) is 0 Å². The van der Waals surface area contributed by atoms with E-state index in [-0.39, 0.29) is 18.0 Å². The van der Waals surface area contributed by atoms with Gasteiger partial charge >= 0.3 is 0 Å². The molecule has 2 aromatic rings. The second-order valence-electron chi connectivity index (χ2n) is 8.23. The van der Waals surface area contributed by atoms with Crippen molar-refractivity contribution in [3.8, 4) is 0 Å². The first-order chi connectivity index (χ1) is 12.5. The van der Waals surface area contributed by atoms with Gasteiger partial charge in [0.1, 0.15) is 11.3 Å². The van der Waals surface area contributed by atoms with E-state index >= 15 is 0 Å². The van der Waals surface area contributed by atoms with Gasteiger partial charge in [0.05, 0.1) is 11.4 Å². The molecule has 0 unspecified atom stereocenters. The maximum absolute atomic E-state index is 13.3. The SMILES string of the molecule is Cn1nc(C2CC2)cc1C(=O)N1[C@H]2CC[C@H]1CC(O)(c1ccnn1C)C2. The fourth-order valence-corrected chi connectivity index (χ4v) is 5.00. The molecule has 1 aliphatic carbocycles. The molecule has 3 fully saturated rings. The molecule has 26 heavy (non-hydrogen) atoms. The van der Waals surface area contributed by atoms with Crippen LogP contribution >= 0.6 is 0 Å². The van der Waals surface area contributed by atoms with Crippen LogP contribution in [0.3, 0.4) is 0 Å². The summed E-state index contributed by atoms with van der Waals surface area (Å²) >= 11 is 0. The highest BCUT2D eigenvalue weighted by molar-refractivity contribution is 5.93. The standard InChI is InChI=1S/C19H25N5O2/c1-22-16(9-15(21-22)12-3-4-12)18(25)24-13-5-6-14(24)11-19(26,10-13)17-7-8-20-23(17)2/h7-9,12-14,26H,3-6,10-11H2,1-2H3/t13-,14-/m0/s1. The zero-order chi connectivity index (χ0) is 18.1. The molecule has 2 saturated heterocycles. The molecule has 2 aromatic heterocycles. The Bertz CT molecular complexity index is 851. The zero-order valence-corrected chi connectivity index (χ0v) is 15.3. The van der Waals surface area contributed by atoms with Gasteiger partial charge in [0.2, 0.25) is 0 Å². The number of nitrogens with zero attached hydrogens (tertiary/aromatic N) is 5. The predicted octanol–water partition coefficient (Wildman–Crippen LogP) is 1.69. The molecule has 138 valence electrons. The average Bonchev–Trinajstić information content (AvgIpc) is 3.14. The third kappa shape index (κ3) is 2.33. The topological polar surface area (TPSA) is 76.2 Å². The van der Waals surface area contributed by atoms with Crippen LogP contribution in [-0.2, 0) is 19.7 Å². The summed E-state index contributed by atoms with van der Waals surface area (Å²) in [6, 6.07) is 4.00. The van der Waals surface area contributed by atoms with Crippen LogP contribution in [0.5, 0.6) is 0 Å². The number of carbonyl (C=O) groups excluding carboxylic acids is 1. The van der Waals surface area contributed by atoms with Crippen LogP contribution in [0.4, 0.5) is 0 Å². The number of amides is 1. The Morgan fingerprint density at radius 1 is 1.15 bits per heavy atom. The van der Waals surface area contributed by atoms with Gasteiger partial charge in [-0.3, -0.25) is 14.2 Å². The second-order valence-corrected chi connectivity index (χ2v) is 8.23. The molecule has 1 saturated carbocycles. The van der Waals surface area contributed by atoms with Crippen LogP contribution in [0.2, 0.25) is 0 Å². The number of aromatic nitrogens is 4. The van der Waals surface area contributed by atoms with Crippen molar-refractivity contribution in [3.63, 3.8) is 0 Å². The lowest BCUT2D eigenvalue weighted by Gasteiger charge is -2.43. The van der Waals surface area contributed by atoms with Gasteiger partial charge in [-0.2, -0.15) is 10.2 Å². The maximum atomic E-state index is 13.3. The van der Waals surface area contributed by atoms with E-state index in [1.54, 1.807) is 15.6 Å². The van der Waals surface area contributed by atoms with Crippen molar-refractivity contribution in [2.45, 2.75) is 62.1 Å². The Kier molecular flexibility index (Phi) is 3.35. The van der Waals surface area contributed by atoms with Crippen LogP contribution in [0.1, 0.15) is 66.3 Å². The lowest BCUT2D eigenvalue weighted by Crippen LogP contribution is -2.52. The molecule has 7 nitrogen and oxygen atoms in total. The first kappa shape index (κ1) is 16.1. The van der Waals surface area contributed by atoms with E-state index in [0.29, 0.717) is 24.5 Å². The highest BCUT2D eigenvalue weighted by Gasteiger charge is 2.51. The molecule has 2 aliphatic heterocycles. The van der Waals surface area contributed by atoms with Crippen molar-refractivity contribution in [1.29, 1.82) is 0 Å². The van der Waals surface area contributed by atoms with Crippen molar-refractivity contribution in [2.24, 2.45) is 14.1 Å². The first-order valence-electron chi connectivity index (χ1n) is 9.54. The summed E-state index contributed by atoms with van der Waals surface area (Å²) in [5.41, 5.74) is 1.67. The van der Waals surface area contributed by atoms with Crippen LogP contribution in [0.25, 0.3) is 0 Å². The number of piperidine rings is 1. The predicted molar refractivity (Wildman–Crippen MR) is 94.5 cm³/mol. The molecule has 0 aromatic carbocycles. The summed E-state index contributed by atoms with van der Waals surface area (Å²) in [5, 5.41) is 20.0. The quantitative estimate of drug-likeness (QED) is 0.909. The molecular formula is C19H25N5O2. The van der Waals surface area contributed by atoms with E-state index in [1.807, 2.05) is 31.1 Å². The van der Waals surface area contributed by atoms with Gasteiger partial charge in [-0.15, -0.1) is 0 Å². The zero-order valence-electron chi connectivity index (χ0n) is 15.3. The molecule has 2 atom stereocenters. The summed E-state index contributed by atoms with van der Waals surface area (Å²) in [6.07, 6.45) is 7.12. The lowest BCUT2D eigenvalue weighted by molar-refractivity contribution is -0.0532. The molecule has 5 rings (SSSR count). The fraction of sp³-hybridized carbons (Fsp3) is 0.632. The Morgan fingerprint density at radius 3 is 2.42 bits per heavy atom. The minimum Gasteiger partial charge on any atom is -0.383 e. The Balaban J connectivity index is 1.42. The lowest BCUT2D eigenvalue weighted by atomic mass is 9.83. The van der Waals surface area contributed by atoms with Gasteiger partial charge in [-0.1, -0.05) is 0 Å². The molecular weight excluding hydrogens is 330 g/mol. The van der Waals surface area contributed by atoms with E-state index in [2.05, 4.69) is 10.2 Å². The molecule has 1 N–H and O–H groups in total. The highest BCUT2D eigenvalue weighted by atomic mass is 16.3. The number of hydrogen-bond acceptors (Lipinski definition) is 4. The second kappa shape index (κ2) is 5.42. The van der Waals surface area contributed by atoms with Gasteiger partial charge in [0.25, 0.3) is 5.91 Å². The van der Waals surface area contributed by atoms with E-state index in [9.17, 15) is 9.90 Å². The summed E-state index contributed by atoms with van der Waals surface area (Å²) in [4.78, 5) is 15.3. The van der Waals surface area contributed by atoms with E-state index in [4.69, 9.17) is 0 Å². The smallest absolute Gasteiger partial charge is 0.272 e. The number of rotatable bonds is 3. The van der Waals surface area contributed by atoms with Crippen molar-refractivity contribution >= 4 is 5.91 Å². The Labute approximate surface area is 152 Å². The van der Waals surface area contributed by atoms with Crippen LogP contribution in [0.15, 0.2) is 18.3 Å². The number of aliphatic hydroxyl groups is 1. The molecule has 4 heterocycles.